The van der Waals surface area contributed by atoms with Gasteiger partial charge in [-0.15, -0.1) is 6.58 Å². The Labute approximate surface area is 137 Å². The van der Waals surface area contributed by atoms with Crippen LogP contribution in [0.2, 0.25) is 5.02 Å². The van der Waals surface area contributed by atoms with Crippen molar-refractivity contribution >= 4 is 23.5 Å². The van der Waals surface area contributed by atoms with Crippen LogP contribution in [0.4, 0.5) is 0 Å². The minimum absolute atomic E-state index is 0.0304. The summed E-state index contributed by atoms with van der Waals surface area (Å²) in [7, 11) is 3.41. The maximum Gasteiger partial charge on any atom is 0.243 e. The van der Waals surface area contributed by atoms with Crippen molar-refractivity contribution in [1.29, 1.82) is 0 Å². The molecule has 0 heterocycles. The van der Waals surface area contributed by atoms with Gasteiger partial charge in [0.25, 0.3) is 0 Å². The fourth-order valence-corrected chi connectivity index (χ4v) is 1.78. The van der Waals surface area contributed by atoms with Gasteiger partial charge < -0.3 is 15.5 Å². The second-order valence-electron chi connectivity index (χ2n) is 5.04. The molecule has 6 heteroatoms. The molecular weight excluding hydrogens is 300 g/mol. The van der Waals surface area contributed by atoms with Crippen LogP contribution >= 0.6 is 11.6 Å². The van der Waals surface area contributed by atoms with E-state index in [0.29, 0.717) is 17.5 Å². The number of aliphatic imine (C=N–C) groups is 1. The molecule has 2 N–H and O–H groups in total. The fourth-order valence-electron chi connectivity index (χ4n) is 1.65. The second-order valence-corrected chi connectivity index (χ2v) is 5.48. The van der Waals surface area contributed by atoms with Crippen LogP contribution in [0.3, 0.4) is 0 Å². The van der Waals surface area contributed by atoms with E-state index in [2.05, 4.69) is 22.2 Å². The summed E-state index contributed by atoms with van der Waals surface area (Å²) in [6.45, 7) is 6.34. The number of likely N-dealkylation sites (N-methyl/N-ethyl adjacent to an activating group) is 1. The molecule has 1 rings (SSSR count). The van der Waals surface area contributed by atoms with Crippen molar-refractivity contribution in [3.05, 3.63) is 47.5 Å². The van der Waals surface area contributed by atoms with Crippen LogP contribution < -0.4 is 10.6 Å². The highest BCUT2D eigenvalue weighted by atomic mass is 35.5. The minimum Gasteiger partial charge on any atom is -0.353 e. The highest BCUT2D eigenvalue weighted by Crippen LogP contribution is 2.15. The van der Waals surface area contributed by atoms with Gasteiger partial charge >= 0.3 is 0 Å². The average molecular weight is 323 g/mol. The summed E-state index contributed by atoms with van der Waals surface area (Å²) in [4.78, 5) is 17.4. The molecule has 5 nitrogen and oxygen atoms in total. The molecule has 1 unspecified atom stereocenters. The molecule has 1 aromatic rings. The van der Waals surface area contributed by atoms with Gasteiger partial charge in [-0.2, -0.15) is 0 Å². The van der Waals surface area contributed by atoms with Crippen LogP contribution in [0, 0.1) is 0 Å². The number of nitrogens with zero attached hydrogens (tertiary/aromatic N) is 2. The van der Waals surface area contributed by atoms with Crippen LogP contribution in [-0.4, -0.2) is 44.0 Å². The zero-order chi connectivity index (χ0) is 16.5. The van der Waals surface area contributed by atoms with Crippen molar-refractivity contribution < 1.29 is 4.79 Å². The summed E-state index contributed by atoms with van der Waals surface area (Å²) in [6, 6.07) is 7.63. The molecule has 0 aliphatic heterocycles. The largest absolute Gasteiger partial charge is 0.353 e. The van der Waals surface area contributed by atoms with E-state index in [1.165, 1.54) is 4.90 Å². The topological polar surface area (TPSA) is 56.7 Å². The van der Waals surface area contributed by atoms with Crippen molar-refractivity contribution in [1.82, 2.24) is 15.5 Å². The molecule has 0 radical (unpaired) electrons. The number of hydrogen-bond acceptors (Lipinski definition) is 2. The van der Waals surface area contributed by atoms with E-state index < -0.39 is 0 Å². The molecule has 1 amide bonds. The van der Waals surface area contributed by atoms with Gasteiger partial charge in [0.05, 0.1) is 6.04 Å². The van der Waals surface area contributed by atoms with Crippen molar-refractivity contribution in [2.24, 2.45) is 4.99 Å². The Morgan fingerprint density at radius 3 is 2.59 bits per heavy atom. The highest BCUT2D eigenvalue weighted by Gasteiger charge is 2.09. The molecular formula is C16H23ClN4O. The third-order valence-corrected chi connectivity index (χ3v) is 3.26. The Morgan fingerprint density at radius 2 is 2.05 bits per heavy atom. The molecule has 120 valence electrons. The molecule has 1 atom stereocenters. The Kier molecular flexibility index (Phi) is 7.46. The van der Waals surface area contributed by atoms with E-state index in [4.69, 9.17) is 11.6 Å². The van der Waals surface area contributed by atoms with Gasteiger partial charge in [-0.3, -0.25) is 4.79 Å². The number of hydrogen-bond donors (Lipinski definition) is 2. The van der Waals surface area contributed by atoms with Gasteiger partial charge in [-0.1, -0.05) is 29.8 Å². The molecule has 0 saturated carbocycles. The summed E-state index contributed by atoms with van der Waals surface area (Å²) in [5, 5.41) is 7.06. The van der Waals surface area contributed by atoms with Gasteiger partial charge in [0, 0.05) is 25.7 Å². The number of amides is 1. The number of nitrogens with one attached hydrogen (secondary N) is 2. The van der Waals surface area contributed by atoms with Crippen LogP contribution in [0.5, 0.6) is 0 Å². The van der Waals surface area contributed by atoms with Crippen molar-refractivity contribution in [3.63, 3.8) is 0 Å². The minimum atomic E-state index is -0.0566. The summed E-state index contributed by atoms with van der Waals surface area (Å²) in [5.41, 5.74) is 1.08. The van der Waals surface area contributed by atoms with Gasteiger partial charge in [-0.05, 0) is 24.6 Å². The molecule has 22 heavy (non-hydrogen) atoms. The molecule has 0 aliphatic carbocycles. The van der Waals surface area contributed by atoms with Crippen molar-refractivity contribution in [2.45, 2.75) is 13.0 Å². The van der Waals surface area contributed by atoms with Crippen LogP contribution in [0.15, 0.2) is 41.9 Å². The maximum atomic E-state index is 11.6. The standard InChI is InChI=1S/C16H23ClN4O/c1-5-10-18-16(19-11-15(22)21(3)4)20-12(2)13-6-8-14(17)9-7-13/h5-9,12H,1,10-11H2,2-4H3,(H2,18,19,20). The van der Waals surface area contributed by atoms with Crippen molar-refractivity contribution in [3.8, 4) is 0 Å². The Morgan fingerprint density at radius 1 is 1.41 bits per heavy atom. The first-order chi connectivity index (χ1) is 10.4. The monoisotopic (exact) mass is 322 g/mol. The lowest BCUT2D eigenvalue weighted by atomic mass is 10.1. The Bertz CT molecular complexity index is 525. The van der Waals surface area contributed by atoms with Crippen LogP contribution in [0.25, 0.3) is 0 Å². The predicted octanol–water partition coefficient (Wildman–Crippen LogP) is 2.21. The van der Waals surface area contributed by atoms with Crippen molar-refractivity contribution in [2.75, 3.05) is 27.2 Å². The third-order valence-electron chi connectivity index (χ3n) is 3.01. The van der Waals surface area contributed by atoms with Gasteiger partial charge in [0.1, 0.15) is 6.54 Å². The molecule has 0 bridgehead atoms. The summed E-state index contributed by atoms with van der Waals surface area (Å²) in [6.07, 6.45) is 1.73. The zero-order valence-electron chi connectivity index (χ0n) is 13.3. The molecule has 0 aromatic heterocycles. The van der Waals surface area contributed by atoms with E-state index in [9.17, 15) is 4.79 Å². The molecule has 0 saturated heterocycles. The number of rotatable bonds is 6. The van der Waals surface area contributed by atoms with Gasteiger partial charge in [0.2, 0.25) is 5.91 Å². The quantitative estimate of drug-likeness (QED) is 0.479. The first-order valence-corrected chi connectivity index (χ1v) is 7.43. The zero-order valence-corrected chi connectivity index (χ0v) is 14.0. The second kappa shape index (κ2) is 9.10. The SMILES string of the molecule is C=CCNC(=NCC(=O)N(C)C)NC(C)c1ccc(Cl)cc1. The Hall–Kier alpha value is -2.01. The Balaban J connectivity index is 2.74. The predicted molar refractivity (Wildman–Crippen MR) is 92.2 cm³/mol. The number of benzene rings is 1. The number of guanidine groups is 1. The van der Waals surface area contributed by atoms with E-state index in [-0.39, 0.29) is 18.5 Å². The summed E-state index contributed by atoms with van der Waals surface area (Å²) in [5.74, 6) is 0.511. The molecule has 0 spiro atoms. The molecule has 1 aromatic carbocycles. The first kappa shape index (κ1) is 18.0. The smallest absolute Gasteiger partial charge is 0.243 e. The van der Waals surface area contributed by atoms with E-state index in [1.807, 2.05) is 31.2 Å². The van der Waals surface area contributed by atoms with E-state index in [1.54, 1.807) is 20.2 Å². The lowest BCUT2D eigenvalue weighted by molar-refractivity contribution is -0.127. The molecule has 0 aliphatic rings. The van der Waals surface area contributed by atoms with E-state index in [0.717, 1.165) is 5.56 Å². The summed E-state index contributed by atoms with van der Waals surface area (Å²) < 4.78 is 0. The average Bonchev–Trinajstić information content (AvgIpc) is 2.49. The van der Waals surface area contributed by atoms with Crippen LogP contribution in [0.1, 0.15) is 18.5 Å². The highest BCUT2D eigenvalue weighted by molar-refractivity contribution is 6.30. The lowest BCUT2D eigenvalue weighted by Gasteiger charge is -2.18. The maximum absolute atomic E-state index is 11.6. The lowest BCUT2D eigenvalue weighted by Crippen LogP contribution is -2.39. The number of carbonyl (C=O) groups excluding carboxylic acids is 1. The van der Waals surface area contributed by atoms with E-state index >= 15 is 0 Å². The fraction of sp³-hybridized carbons (Fsp3) is 0.375. The normalized spacial score (nSPS) is 12.5. The number of carbonyl (C=O) groups is 1. The number of halogens is 1. The first-order valence-electron chi connectivity index (χ1n) is 7.05. The van der Waals surface area contributed by atoms with Gasteiger partial charge in [-0.25, -0.2) is 4.99 Å². The van der Waals surface area contributed by atoms with Gasteiger partial charge in [0.15, 0.2) is 5.96 Å². The van der Waals surface area contributed by atoms with Crippen LogP contribution in [-0.2, 0) is 4.79 Å². The molecule has 0 fully saturated rings. The summed E-state index contributed by atoms with van der Waals surface area (Å²) >= 11 is 5.90. The third kappa shape index (κ3) is 6.18.